The van der Waals surface area contributed by atoms with Crippen molar-refractivity contribution in [2.45, 2.75) is 82.7 Å². The topological polar surface area (TPSA) is 40.0 Å². The van der Waals surface area contributed by atoms with E-state index in [4.69, 9.17) is 4.99 Å². The molecule has 26 heavy (non-hydrogen) atoms. The summed E-state index contributed by atoms with van der Waals surface area (Å²) < 4.78 is 0. The molecule has 0 amide bonds. The molecule has 2 fully saturated rings. The molecule has 0 atom stereocenters. The van der Waals surface area contributed by atoms with Gasteiger partial charge in [0.05, 0.1) is 6.04 Å². The van der Waals surface area contributed by atoms with Gasteiger partial charge in [0, 0.05) is 30.6 Å². The van der Waals surface area contributed by atoms with Crippen LogP contribution in [-0.2, 0) is 0 Å². The van der Waals surface area contributed by atoms with Crippen LogP contribution in [0, 0.1) is 0 Å². The Kier molecular flexibility index (Phi) is 6.87. The average molecular weight is 393 g/mol. The lowest BCUT2D eigenvalue weighted by atomic mass is 9.95. The normalized spacial score (nSPS) is 25.7. The van der Waals surface area contributed by atoms with Crippen molar-refractivity contribution in [3.63, 3.8) is 0 Å². The largest absolute Gasteiger partial charge is 0.362 e. The van der Waals surface area contributed by atoms with Crippen molar-refractivity contribution in [2.75, 3.05) is 18.8 Å². The van der Waals surface area contributed by atoms with Crippen LogP contribution in [0.3, 0.4) is 0 Å². The third-order valence-corrected chi connectivity index (χ3v) is 7.72. The second kappa shape index (κ2) is 9.54. The predicted octanol–water partition coefficient (Wildman–Crippen LogP) is 4.98. The molecule has 0 saturated heterocycles. The van der Waals surface area contributed by atoms with Gasteiger partial charge >= 0.3 is 0 Å². The maximum atomic E-state index is 5.18. The summed E-state index contributed by atoms with van der Waals surface area (Å²) in [5.41, 5.74) is 1.42. The summed E-state index contributed by atoms with van der Waals surface area (Å²) in [7, 11) is 0. The number of nitrogens with one attached hydrogen (secondary N) is 1. The molecule has 0 bridgehead atoms. The Morgan fingerprint density at radius 1 is 1.12 bits per heavy atom. The Bertz CT molecular complexity index is 560. The van der Waals surface area contributed by atoms with Crippen LogP contribution < -0.4 is 5.32 Å². The van der Waals surface area contributed by atoms with Crippen LogP contribution >= 0.6 is 23.5 Å². The van der Waals surface area contributed by atoms with Crippen LogP contribution in [0.5, 0.6) is 0 Å². The van der Waals surface area contributed by atoms with E-state index < -0.39 is 0 Å². The minimum absolute atomic E-state index is 0.543. The summed E-state index contributed by atoms with van der Waals surface area (Å²) in [5, 5.41) is 8.54. The van der Waals surface area contributed by atoms with E-state index in [-0.39, 0.29) is 0 Å². The van der Waals surface area contributed by atoms with Crippen molar-refractivity contribution < 1.29 is 0 Å². The molecular weight excluding hydrogens is 360 g/mol. The van der Waals surface area contributed by atoms with Crippen LogP contribution in [0.25, 0.3) is 0 Å². The van der Waals surface area contributed by atoms with Gasteiger partial charge in [0.15, 0.2) is 10.3 Å². The SMILES string of the molecule is C1=C(CSC(=NC2CCCCC2)NC2CCCCC2)N2CCCN=C2S1. The summed E-state index contributed by atoms with van der Waals surface area (Å²) in [5.74, 6) is 1.01. The van der Waals surface area contributed by atoms with E-state index >= 15 is 0 Å². The monoisotopic (exact) mass is 392 g/mol. The number of thioether (sulfide) groups is 2. The number of rotatable bonds is 4. The van der Waals surface area contributed by atoms with Gasteiger partial charge in [-0.2, -0.15) is 0 Å². The van der Waals surface area contributed by atoms with E-state index in [1.807, 2.05) is 11.8 Å². The maximum Gasteiger partial charge on any atom is 0.167 e. The zero-order valence-electron chi connectivity index (χ0n) is 15.8. The van der Waals surface area contributed by atoms with Crippen molar-refractivity contribution in [3.05, 3.63) is 11.1 Å². The molecule has 4 aliphatic rings. The number of hydrogen-bond donors (Lipinski definition) is 1. The number of nitrogens with zero attached hydrogens (tertiary/aromatic N) is 3. The van der Waals surface area contributed by atoms with Crippen molar-refractivity contribution in [2.24, 2.45) is 9.98 Å². The third-order valence-electron chi connectivity index (χ3n) is 5.83. The molecule has 0 spiro atoms. The van der Waals surface area contributed by atoms with Gasteiger partial charge in [-0.15, -0.1) is 0 Å². The molecule has 0 aromatic heterocycles. The second-order valence-corrected chi connectivity index (χ2v) is 9.69. The van der Waals surface area contributed by atoms with Gasteiger partial charge in [-0.1, -0.05) is 62.0 Å². The first-order valence-electron chi connectivity index (χ1n) is 10.5. The highest BCUT2D eigenvalue weighted by atomic mass is 32.2. The molecule has 2 aliphatic heterocycles. The fraction of sp³-hybridized carbons (Fsp3) is 0.800. The van der Waals surface area contributed by atoms with Gasteiger partial charge in [0.2, 0.25) is 0 Å². The van der Waals surface area contributed by atoms with E-state index in [1.54, 1.807) is 11.8 Å². The van der Waals surface area contributed by atoms with Crippen LogP contribution in [0.2, 0.25) is 0 Å². The molecule has 2 heterocycles. The number of amidine groups is 2. The Balaban J connectivity index is 1.38. The zero-order valence-corrected chi connectivity index (χ0v) is 17.4. The van der Waals surface area contributed by atoms with E-state index in [9.17, 15) is 0 Å². The molecule has 4 nitrogen and oxygen atoms in total. The van der Waals surface area contributed by atoms with Crippen molar-refractivity contribution >= 4 is 33.9 Å². The Hall–Kier alpha value is -0.620. The molecule has 0 aromatic rings. The van der Waals surface area contributed by atoms with Crippen LogP contribution in [0.15, 0.2) is 21.1 Å². The smallest absolute Gasteiger partial charge is 0.167 e. The molecule has 0 aromatic carbocycles. The molecule has 6 heteroatoms. The molecule has 4 rings (SSSR count). The van der Waals surface area contributed by atoms with Gasteiger partial charge in [-0.05, 0) is 37.5 Å². The number of fused-ring (bicyclic) bond motifs is 1. The van der Waals surface area contributed by atoms with Crippen LogP contribution in [-0.4, -0.2) is 46.2 Å². The minimum Gasteiger partial charge on any atom is -0.362 e. The van der Waals surface area contributed by atoms with Crippen LogP contribution in [0.1, 0.15) is 70.6 Å². The lowest BCUT2D eigenvalue weighted by Crippen LogP contribution is -2.36. The van der Waals surface area contributed by atoms with E-state index in [0.29, 0.717) is 12.1 Å². The molecule has 2 saturated carbocycles. The fourth-order valence-electron chi connectivity index (χ4n) is 4.30. The lowest BCUT2D eigenvalue weighted by molar-refractivity contribution is 0.411. The third kappa shape index (κ3) is 5.00. The first-order chi connectivity index (χ1) is 12.9. The first kappa shape index (κ1) is 18.7. The molecule has 0 unspecified atom stereocenters. The second-order valence-electron chi connectivity index (χ2n) is 7.89. The summed E-state index contributed by atoms with van der Waals surface area (Å²) in [4.78, 5) is 12.3. The van der Waals surface area contributed by atoms with Crippen molar-refractivity contribution in [1.82, 2.24) is 10.2 Å². The highest BCUT2D eigenvalue weighted by Crippen LogP contribution is 2.31. The van der Waals surface area contributed by atoms with E-state index in [0.717, 1.165) is 18.8 Å². The van der Waals surface area contributed by atoms with Gasteiger partial charge in [-0.25, -0.2) is 0 Å². The molecule has 144 valence electrons. The van der Waals surface area contributed by atoms with E-state index in [1.165, 1.54) is 86.7 Å². The van der Waals surface area contributed by atoms with Gasteiger partial charge in [-0.3, -0.25) is 9.98 Å². The highest BCUT2D eigenvalue weighted by Gasteiger charge is 2.25. The summed E-state index contributed by atoms with van der Waals surface area (Å²) in [6.07, 6.45) is 14.6. The summed E-state index contributed by atoms with van der Waals surface area (Å²) in [6, 6.07) is 1.18. The summed E-state index contributed by atoms with van der Waals surface area (Å²) >= 11 is 3.72. The van der Waals surface area contributed by atoms with Gasteiger partial charge < -0.3 is 10.2 Å². The standard InChI is InChI=1S/C20H32N4S2/c1-3-8-16(9-4-1)22-19(23-17-10-5-2-6-11-17)25-14-18-15-26-20-21-12-7-13-24(18)20/h15-17H,1-14H2,(H,22,23). The van der Waals surface area contributed by atoms with E-state index in [2.05, 4.69) is 20.6 Å². The van der Waals surface area contributed by atoms with Crippen molar-refractivity contribution in [3.8, 4) is 0 Å². The predicted molar refractivity (Wildman–Crippen MR) is 116 cm³/mol. The van der Waals surface area contributed by atoms with Crippen LogP contribution in [0.4, 0.5) is 0 Å². The van der Waals surface area contributed by atoms with Gasteiger partial charge in [0.25, 0.3) is 0 Å². The zero-order chi connectivity index (χ0) is 17.6. The first-order valence-corrected chi connectivity index (χ1v) is 12.4. The summed E-state index contributed by atoms with van der Waals surface area (Å²) in [6.45, 7) is 2.12. The average Bonchev–Trinajstić information content (AvgIpc) is 3.11. The number of aliphatic imine (C=N–C) groups is 2. The number of hydrogen-bond acceptors (Lipinski definition) is 5. The van der Waals surface area contributed by atoms with Crippen molar-refractivity contribution in [1.29, 1.82) is 0 Å². The Morgan fingerprint density at radius 3 is 2.69 bits per heavy atom. The molecular formula is C20H32N4S2. The van der Waals surface area contributed by atoms with Gasteiger partial charge in [0.1, 0.15) is 0 Å². The Labute approximate surface area is 166 Å². The Morgan fingerprint density at radius 2 is 1.88 bits per heavy atom. The molecule has 2 aliphatic carbocycles. The quantitative estimate of drug-likeness (QED) is 0.541. The molecule has 0 radical (unpaired) electrons. The molecule has 1 N–H and O–H groups in total. The maximum absolute atomic E-state index is 5.18. The lowest BCUT2D eigenvalue weighted by Gasteiger charge is -2.28. The fourth-order valence-corrected chi connectivity index (χ4v) is 6.36. The highest BCUT2D eigenvalue weighted by molar-refractivity contribution is 8.17. The minimum atomic E-state index is 0.543.